The van der Waals surface area contributed by atoms with Crippen LogP contribution in [0, 0.1) is 0 Å². The zero-order valence-electron chi connectivity index (χ0n) is 14.3. The second-order valence-corrected chi connectivity index (χ2v) is 5.82. The third-order valence-electron chi connectivity index (χ3n) is 4.08. The van der Waals surface area contributed by atoms with Gasteiger partial charge in [-0.3, -0.25) is 0 Å². The second-order valence-electron chi connectivity index (χ2n) is 5.82. The van der Waals surface area contributed by atoms with Crippen molar-refractivity contribution in [1.29, 1.82) is 0 Å². The average Bonchev–Trinajstić information content (AvgIpc) is 2.53. The number of carbonyl (C=O) groups is 2. The molecule has 1 rings (SSSR count). The van der Waals surface area contributed by atoms with Crippen LogP contribution in [-0.4, -0.2) is 22.2 Å². The molecule has 2 N–H and O–H groups in total. The molecule has 0 aliphatic heterocycles. The Balaban J connectivity index is 3.53. The molecule has 0 aliphatic carbocycles. The fraction of sp³-hybridized carbons (Fsp3) is 0.400. The van der Waals surface area contributed by atoms with Crippen LogP contribution in [0.5, 0.6) is 0 Å². The van der Waals surface area contributed by atoms with Crippen molar-refractivity contribution in [2.45, 2.75) is 51.9 Å². The van der Waals surface area contributed by atoms with Crippen molar-refractivity contribution in [3.63, 3.8) is 0 Å². The number of benzene rings is 1. The molecular weight excluding hydrogens is 304 g/mol. The van der Waals surface area contributed by atoms with Gasteiger partial charge in [0.15, 0.2) is 0 Å². The Morgan fingerprint density at radius 3 is 2.17 bits per heavy atom. The van der Waals surface area contributed by atoms with Gasteiger partial charge in [0.25, 0.3) is 0 Å². The van der Waals surface area contributed by atoms with Crippen LogP contribution >= 0.6 is 0 Å². The summed E-state index contributed by atoms with van der Waals surface area (Å²) in [5.74, 6) is -2.40. The lowest BCUT2D eigenvalue weighted by Crippen LogP contribution is -2.16. The van der Waals surface area contributed by atoms with Gasteiger partial charge in [-0.15, -0.1) is 13.2 Å². The van der Waals surface area contributed by atoms with Gasteiger partial charge in [-0.1, -0.05) is 38.3 Å². The Hall–Kier alpha value is -2.36. The van der Waals surface area contributed by atoms with Gasteiger partial charge >= 0.3 is 11.9 Å². The lowest BCUT2D eigenvalue weighted by Gasteiger charge is -2.18. The van der Waals surface area contributed by atoms with Gasteiger partial charge < -0.3 is 10.2 Å². The summed E-state index contributed by atoms with van der Waals surface area (Å²) in [7, 11) is 0. The number of hydrogen-bond donors (Lipinski definition) is 2. The van der Waals surface area contributed by atoms with Gasteiger partial charge in [0.05, 0.1) is 11.1 Å². The summed E-state index contributed by atoms with van der Waals surface area (Å²) in [5.41, 5.74) is 2.11. The van der Waals surface area contributed by atoms with Gasteiger partial charge in [0.1, 0.15) is 0 Å². The van der Waals surface area contributed by atoms with E-state index in [0.29, 0.717) is 24.8 Å². The third-order valence-corrected chi connectivity index (χ3v) is 4.08. The lowest BCUT2D eigenvalue weighted by molar-refractivity contribution is 0.0650. The standard InChI is InChI=1S/C20H26O4/c1-4-7-8-9-12-16-15(11-6-3)14(10-5-2)13-17(19(21)22)18(16)20(23)24/h5-6,13H,2-4,7-12H2,1H3,(H,21,22)(H,23,24). The molecule has 0 spiro atoms. The van der Waals surface area contributed by atoms with E-state index >= 15 is 0 Å². The molecule has 4 heteroatoms. The average molecular weight is 330 g/mol. The monoisotopic (exact) mass is 330 g/mol. The van der Waals surface area contributed by atoms with E-state index in [0.717, 1.165) is 36.8 Å². The number of hydrogen-bond acceptors (Lipinski definition) is 2. The first kappa shape index (κ1) is 19.7. The van der Waals surface area contributed by atoms with E-state index in [4.69, 9.17) is 0 Å². The first-order valence-electron chi connectivity index (χ1n) is 8.33. The maximum atomic E-state index is 11.8. The highest BCUT2D eigenvalue weighted by Gasteiger charge is 2.24. The molecule has 0 bridgehead atoms. The van der Waals surface area contributed by atoms with Crippen molar-refractivity contribution in [2.75, 3.05) is 0 Å². The van der Waals surface area contributed by atoms with Gasteiger partial charge in [-0.2, -0.15) is 0 Å². The van der Waals surface area contributed by atoms with Crippen LogP contribution in [0.1, 0.15) is 70.0 Å². The molecule has 130 valence electrons. The van der Waals surface area contributed by atoms with Crippen LogP contribution in [-0.2, 0) is 19.3 Å². The quantitative estimate of drug-likeness (QED) is 0.457. The molecule has 0 fully saturated rings. The Bertz CT molecular complexity index is 629. The number of carboxylic acids is 2. The highest BCUT2D eigenvalue weighted by molar-refractivity contribution is 6.03. The maximum Gasteiger partial charge on any atom is 0.336 e. The minimum atomic E-state index is -1.21. The van der Waals surface area contributed by atoms with E-state index in [-0.39, 0.29) is 11.1 Å². The SMILES string of the molecule is C=CCc1cc(C(=O)O)c(C(=O)O)c(CCCCCC)c1CC=C. The van der Waals surface area contributed by atoms with Crippen molar-refractivity contribution in [3.8, 4) is 0 Å². The van der Waals surface area contributed by atoms with Gasteiger partial charge in [0, 0.05) is 0 Å². The van der Waals surface area contributed by atoms with Crippen LogP contribution in [0.4, 0.5) is 0 Å². The first-order valence-corrected chi connectivity index (χ1v) is 8.33. The molecule has 0 radical (unpaired) electrons. The second kappa shape index (κ2) is 9.71. The number of allylic oxidation sites excluding steroid dienone is 2. The Labute approximate surface area is 143 Å². The summed E-state index contributed by atoms with van der Waals surface area (Å²) in [6.07, 6.45) is 9.03. The maximum absolute atomic E-state index is 11.8. The first-order chi connectivity index (χ1) is 11.5. The number of carboxylic acid groups (broad SMARTS) is 2. The third kappa shape index (κ3) is 4.82. The summed E-state index contributed by atoms with van der Waals surface area (Å²) < 4.78 is 0. The minimum absolute atomic E-state index is 0.0799. The normalized spacial score (nSPS) is 10.4. The zero-order valence-corrected chi connectivity index (χ0v) is 14.3. The van der Waals surface area contributed by atoms with E-state index in [1.807, 2.05) is 0 Å². The Kier molecular flexibility index (Phi) is 7.96. The molecule has 24 heavy (non-hydrogen) atoms. The van der Waals surface area contributed by atoms with Crippen LogP contribution in [0.15, 0.2) is 31.4 Å². The highest BCUT2D eigenvalue weighted by Crippen LogP contribution is 2.28. The minimum Gasteiger partial charge on any atom is -0.478 e. The fourth-order valence-corrected chi connectivity index (χ4v) is 2.99. The molecule has 0 heterocycles. The predicted octanol–water partition coefficient (Wildman–Crippen LogP) is 4.66. The molecule has 0 saturated carbocycles. The molecule has 0 atom stereocenters. The van der Waals surface area contributed by atoms with Crippen LogP contribution in [0.2, 0.25) is 0 Å². The lowest BCUT2D eigenvalue weighted by atomic mass is 9.86. The van der Waals surface area contributed by atoms with E-state index in [2.05, 4.69) is 20.1 Å². The molecule has 0 aliphatic rings. The van der Waals surface area contributed by atoms with E-state index in [1.165, 1.54) is 6.07 Å². The summed E-state index contributed by atoms with van der Waals surface area (Å²) in [5, 5.41) is 19.1. The van der Waals surface area contributed by atoms with E-state index in [9.17, 15) is 19.8 Å². The number of aromatic carboxylic acids is 2. The van der Waals surface area contributed by atoms with Crippen molar-refractivity contribution in [3.05, 3.63) is 59.2 Å². The summed E-state index contributed by atoms with van der Waals surface area (Å²) >= 11 is 0. The van der Waals surface area contributed by atoms with Gasteiger partial charge in [-0.25, -0.2) is 9.59 Å². The highest BCUT2D eigenvalue weighted by atomic mass is 16.4. The molecule has 0 unspecified atom stereocenters. The van der Waals surface area contributed by atoms with Gasteiger partial charge in [-0.05, 0) is 48.4 Å². The topological polar surface area (TPSA) is 74.6 Å². The molecule has 4 nitrogen and oxygen atoms in total. The van der Waals surface area contributed by atoms with Crippen molar-refractivity contribution >= 4 is 11.9 Å². The smallest absolute Gasteiger partial charge is 0.336 e. The number of rotatable bonds is 11. The Morgan fingerprint density at radius 2 is 1.67 bits per heavy atom. The predicted molar refractivity (Wildman–Crippen MR) is 96.0 cm³/mol. The zero-order chi connectivity index (χ0) is 18.1. The van der Waals surface area contributed by atoms with Crippen LogP contribution in [0.3, 0.4) is 0 Å². The van der Waals surface area contributed by atoms with Crippen molar-refractivity contribution < 1.29 is 19.8 Å². The molecule has 0 amide bonds. The van der Waals surface area contributed by atoms with Gasteiger partial charge in [0.2, 0.25) is 0 Å². The van der Waals surface area contributed by atoms with Crippen molar-refractivity contribution in [1.82, 2.24) is 0 Å². The van der Waals surface area contributed by atoms with Crippen LogP contribution in [0.25, 0.3) is 0 Å². The summed E-state index contributed by atoms with van der Waals surface area (Å²) in [6.45, 7) is 9.58. The van der Waals surface area contributed by atoms with Crippen molar-refractivity contribution in [2.24, 2.45) is 0 Å². The summed E-state index contributed by atoms with van der Waals surface area (Å²) in [4.78, 5) is 23.3. The molecule has 0 aromatic heterocycles. The number of unbranched alkanes of at least 4 members (excludes halogenated alkanes) is 3. The molecule has 1 aromatic carbocycles. The molecular formula is C20H26O4. The molecule has 0 saturated heterocycles. The Morgan fingerprint density at radius 1 is 1.00 bits per heavy atom. The molecule has 1 aromatic rings. The van der Waals surface area contributed by atoms with E-state index in [1.54, 1.807) is 12.2 Å². The van der Waals surface area contributed by atoms with Crippen LogP contribution < -0.4 is 0 Å². The fourth-order valence-electron chi connectivity index (χ4n) is 2.99. The largest absolute Gasteiger partial charge is 0.478 e. The van der Waals surface area contributed by atoms with E-state index < -0.39 is 11.9 Å². The summed E-state index contributed by atoms with van der Waals surface area (Å²) in [6, 6.07) is 1.47.